The Balaban J connectivity index is 0. The molecule has 8 heteroatoms. The molecule has 0 rings (SSSR count). The van der Waals surface area contributed by atoms with Crippen molar-refractivity contribution in [2.24, 2.45) is 5.73 Å². The molecule has 0 aliphatic heterocycles. The summed E-state index contributed by atoms with van der Waals surface area (Å²) in [5, 5.41) is 17.6. The zero-order valence-corrected chi connectivity index (χ0v) is 9.97. The van der Waals surface area contributed by atoms with E-state index < -0.39 is 23.7 Å². The van der Waals surface area contributed by atoms with Crippen LogP contribution in [0.15, 0.2) is 0 Å². The molecule has 100 valence electrons. The van der Waals surface area contributed by atoms with Gasteiger partial charge in [-0.2, -0.15) is 0 Å². The lowest BCUT2D eigenvalue weighted by molar-refractivity contribution is -0.138. The second kappa shape index (κ2) is 8.34. The smallest absolute Gasteiger partial charge is 0.407 e. The van der Waals surface area contributed by atoms with Gasteiger partial charge in [-0.15, -0.1) is 0 Å². The maximum absolute atomic E-state index is 11.0. The Kier molecular flexibility index (Phi) is 8.61. The minimum absolute atomic E-state index is 0.149. The van der Waals surface area contributed by atoms with E-state index in [1.165, 1.54) is 0 Å². The second-order valence-electron chi connectivity index (χ2n) is 3.93. The SMILES string of the molecule is CC(C)(C)OC(=O)NC[C@H](N)C(=O)O.O=CO. The van der Waals surface area contributed by atoms with Crippen LogP contribution in [0.25, 0.3) is 0 Å². The minimum Gasteiger partial charge on any atom is -0.483 e. The Morgan fingerprint density at radius 3 is 2.18 bits per heavy atom. The molecule has 0 aliphatic rings. The van der Waals surface area contributed by atoms with Gasteiger partial charge in [0.1, 0.15) is 11.6 Å². The summed E-state index contributed by atoms with van der Waals surface area (Å²) >= 11 is 0. The zero-order valence-electron chi connectivity index (χ0n) is 9.97. The van der Waals surface area contributed by atoms with Gasteiger partial charge >= 0.3 is 12.1 Å². The van der Waals surface area contributed by atoms with Crippen LogP contribution in [0.4, 0.5) is 4.79 Å². The van der Waals surface area contributed by atoms with E-state index in [-0.39, 0.29) is 13.0 Å². The van der Waals surface area contributed by atoms with Crippen LogP contribution in [0.5, 0.6) is 0 Å². The Morgan fingerprint density at radius 1 is 1.47 bits per heavy atom. The largest absolute Gasteiger partial charge is 0.483 e. The van der Waals surface area contributed by atoms with Gasteiger partial charge < -0.3 is 26.0 Å². The Hall–Kier alpha value is -1.83. The molecule has 0 heterocycles. The fraction of sp³-hybridized carbons (Fsp3) is 0.667. The Morgan fingerprint density at radius 2 is 1.88 bits per heavy atom. The fourth-order valence-corrected chi connectivity index (χ4v) is 0.595. The molecule has 0 bridgehead atoms. The van der Waals surface area contributed by atoms with Crippen molar-refractivity contribution in [3.05, 3.63) is 0 Å². The lowest BCUT2D eigenvalue weighted by Gasteiger charge is -2.20. The summed E-state index contributed by atoms with van der Waals surface area (Å²) in [7, 11) is 0. The first-order chi connectivity index (χ1) is 7.64. The summed E-state index contributed by atoms with van der Waals surface area (Å²) in [6.07, 6.45) is -0.672. The molecule has 1 atom stereocenters. The van der Waals surface area contributed by atoms with Gasteiger partial charge in [-0.05, 0) is 20.8 Å². The number of amides is 1. The second-order valence-corrected chi connectivity index (χ2v) is 3.93. The summed E-state index contributed by atoms with van der Waals surface area (Å²) in [6, 6.07) is -1.11. The number of hydrogen-bond donors (Lipinski definition) is 4. The molecule has 0 radical (unpaired) electrons. The van der Waals surface area contributed by atoms with Crippen molar-refractivity contribution in [2.45, 2.75) is 32.4 Å². The van der Waals surface area contributed by atoms with Gasteiger partial charge in [0, 0.05) is 6.54 Å². The zero-order chi connectivity index (χ0) is 14.1. The average Bonchev–Trinajstić information content (AvgIpc) is 2.12. The van der Waals surface area contributed by atoms with Gasteiger partial charge in [-0.1, -0.05) is 0 Å². The molecule has 8 nitrogen and oxygen atoms in total. The standard InChI is InChI=1S/C8H16N2O4.CH2O2/c1-8(2,3)14-7(13)10-4-5(9)6(11)12;2-1-3/h5H,4,9H2,1-3H3,(H,10,13)(H,11,12);1H,(H,2,3)/t5-;/m0./s1. The van der Waals surface area contributed by atoms with E-state index in [1.807, 2.05) is 0 Å². The van der Waals surface area contributed by atoms with E-state index in [0.717, 1.165) is 0 Å². The van der Waals surface area contributed by atoms with Crippen LogP contribution in [0.1, 0.15) is 20.8 Å². The van der Waals surface area contributed by atoms with E-state index >= 15 is 0 Å². The Labute approximate surface area is 98.7 Å². The highest BCUT2D eigenvalue weighted by Gasteiger charge is 2.18. The highest BCUT2D eigenvalue weighted by Crippen LogP contribution is 2.06. The number of carboxylic acid groups (broad SMARTS) is 2. The van der Waals surface area contributed by atoms with E-state index in [9.17, 15) is 9.59 Å². The minimum atomic E-state index is -1.17. The first kappa shape index (κ1) is 17.6. The number of hydrogen-bond acceptors (Lipinski definition) is 5. The monoisotopic (exact) mass is 250 g/mol. The first-order valence-corrected chi connectivity index (χ1v) is 4.67. The van der Waals surface area contributed by atoms with Gasteiger partial charge in [0.15, 0.2) is 0 Å². The molecular formula is C9H18N2O6. The molecular weight excluding hydrogens is 232 g/mol. The third-order valence-electron chi connectivity index (χ3n) is 1.18. The molecule has 0 saturated heterocycles. The van der Waals surface area contributed by atoms with Gasteiger partial charge in [0.2, 0.25) is 0 Å². The van der Waals surface area contributed by atoms with Gasteiger partial charge in [0.05, 0.1) is 0 Å². The fourth-order valence-electron chi connectivity index (χ4n) is 0.595. The van der Waals surface area contributed by atoms with Crippen molar-refractivity contribution in [1.82, 2.24) is 5.32 Å². The van der Waals surface area contributed by atoms with Crippen LogP contribution in [0.3, 0.4) is 0 Å². The highest BCUT2D eigenvalue weighted by molar-refractivity contribution is 5.75. The molecule has 0 saturated carbocycles. The number of carbonyl (C=O) groups is 3. The maximum Gasteiger partial charge on any atom is 0.407 e. The molecule has 0 aromatic carbocycles. The molecule has 0 aromatic rings. The summed E-state index contributed by atoms with van der Waals surface area (Å²) in [6.45, 7) is 4.74. The topological polar surface area (TPSA) is 139 Å². The number of ether oxygens (including phenoxy) is 1. The van der Waals surface area contributed by atoms with Gasteiger partial charge in [0.25, 0.3) is 6.47 Å². The molecule has 0 spiro atoms. The van der Waals surface area contributed by atoms with E-state index in [4.69, 9.17) is 25.5 Å². The predicted molar refractivity (Wildman–Crippen MR) is 58.5 cm³/mol. The first-order valence-electron chi connectivity index (χ1n) is 4.67. The molecule has 0 aliphatic carbocycles. The lowest BCUT2D eigenvalue weighted by atomic mass is 10.2. The molecule has 1 amide bonds. The van der Waals surface area contributed by atoms with Crippen molar-refractivity contribution in [3.8, 4) is 0 Å². The summed E-state index contributed by atoms with van der Waals surface area (Å²) in [4.78, 5) is 29.6. The van der Waals surface area contributed by atoms with Crippen molar-refractivity contribution < 1.29 is 29.3 Å². The number of alkyl carbamates (subject to hydrolysis) is 1. The predicted octanol–water partition coefficient (Wildman–Crippen LogP) is -0.376. The highest BCUT2D eigenvalue weighted by atomic mass is 16.6. The normalized spacial score (nSPS) is 11.5. The molecule has 0 fully saturated rings. The number of aliphatic carboxylic acids is 1. The quantitative estimate of drug-likeness (QED) is 0.501. The van der Waals surface area contributed by atoms with E-state index in [0.29, 0.717) is 0 Å². The van der Waals surface area contributed by atoms with Gasteiger partial charge in [-0.25, -0.2) is 4.79 Å². The summed E-state index contributed by atoms with van der Waals surface area (Å²) in [5.74, 6) is -1.17. The number of nitrogens with two attached hydrogens (primary N) is 1. The average molecular weight is 250 g/mol. The lowest BCUT2D eigenvalue weighted by Crippen LogP contribution is -2.44. The van der Waals surface area contributed by atoms with Crippen molar-refractivity contribution in [3.63, 3.8) is 0 Å². The summed E-state index contributed by atoms with van der Waals surface area (Å²) in [5.41, 5.74) is 4.56. The van der Waals surface area contributed by atoms with Crippen molar-refractivity contribution >= 4 is 18.5 Å². The van der Waals surface area contributed by atoms with Crippen LogP contribution in [-0.2, 0) is 14.3 Å². The summed E-state index contributed by atoms with van der Waals surface area (Å²) < 4.78 is 4.87. The number of carboxylic acids is 1. The van der Waals surface area contributed by atoms with Crippen LogP contribution in [-0.4, -0.2) is 46.9 Å². The maximum atomic E-state index is 11.0. The number of nitrogens with one attached hydrogen (secondary N) is 1. The molecule has 5 N–H and O–H groups in total. The Bertz CT molecular complexity index is 261. The van der Waals surface area contributed by atoms with Crippen LogP contribution in [0, 0.1) is 0 Å². The number of carbonyl (C=O) groups excluding carboxylic acids is 1. The molecule has 17 heavy (non-hydrogen) atoms. The van der Waals surface area contributed by atoms with Gasteiger partial charge in [-0.3, -0.25) is 9.59 Å². The van der Waals surface area contributed by atoms with E-state index in [1.54, 1.807) is 20.8 Å². The molecule has 0 unspecified atom stereocenters. The third kappa shape index (κ3) is 14.2. The van der Waals surface area contributed by atoms with Crippen LogP contribution >= 0.6 is 0 Å². The molecule has 0 aromatic heterocycles. The van der Waals surface area contributed by atoms with E-state index in [2.05, 4.69) is 5.32 Å². The van der Waals surface area contributed by atoms with Crippen LogP contribution < -0.4 is 11.1 Å². The third-order valence-corrected chi connectivity index (χ3v) is 1.18. The van der Waals surface area contributed by atoms with Crippen molar-refractivity contribution in [2.75, 3.05) is 6.54 Å². The number of rotatable bonds is 3. The van der Waals surface area contributed by atoms with Crippen molar-refractivity contribution in [1.29, 1.82) is 0 Å². The van der Waals surface area contributed by atoms with Crippen LogP contribution in [0.2, 0.25) is 0 Å².